The van der Waals surface area contributed by atoms with Gasteiger partial charge in [0.05, 0.1) is 46.6 Å². The first-order chi connectivity index (χ1) is 13.1. The van der Waals surface area contributed by atoms with Gasteiger partial charge in [-0.1, -0.05) is 6.07 Å². The molecule has 0 saturated carbocycles. The smallest absolute Gasteiger partial charge is 0.223 e. The zero-order valence-electron chi connectivity index (χ0n) is 15.9. The molecule has 1 aromatic heterocycles. The Morgan fingerprint density at radius 2 is 1.93 bits per heavy atom. The van der Waals surface area contributed by atoms with Gasteiger partial charge in [0.25, 0.3) is 0 Å². The number of carbonyl (C=O) groups is 1. The summed E-state index contributed by atoms with van der Waals surface area (Å²) in [6.07, 6.45) is 2.59. The molecule has 1 aromatic carbocycles. The summed E-state index contributed by atoms with van der Waals surface area (Å²) in [4.78, 5) is 14.3. The second kappa shape index (κ2) is 10.1. The lowest BCUT2D eigenvalue weighted by molar-refractivity contribution is -0.132. The van der Waals surface area contributed by atoms with Crippen molar-refractivity contribution in [3.8, 4) is 23.3 Å². The summed E-state index contributed by atoms with van der Waals surface area (Å²) in [5.74, 6) is 2.25. The molecule has 0 N–H and O–H groups in total. The number of furan rings is 1. The van der Waals surface area contributed by atoms with E-state index in [4.69, 9.17) is 23.9 Å². The largest absolute Gasteiger partial charge is 0.493 e. The maximum absolute atomic E-state index is 12.7. The van der Waals surface area contributed by atoms with Crippen LogP contribution in [0.15, 0.2) is 34.9 Å². The van der Waals surface area contributed by atoms with Gasteiger partial charge in [0.15, 0.2) is 11.5 Å². The number of nitrogens with zero attached hydrogens (tertiary/aromatic N) is 2. The van der Waals surface area contributed by atoms with Crippen LogP contribution < -0.4 is 14.2 Å². The molecule has 0 aliphatic carbocycles. The molecule has 0 radical (unpaired) electrons. The van der Waals surface area contributed by atoms with Crippen LogP contribution in [-0.2, 0) is 17.8 Å². The number of hydrogen-bond donors (Lipinski definition) is 0. The van der Waals surface area contributed by atoms with Crippen molar-refractivity contribution in [3.05, 3.63) is 41.9 Å². The van der Waals surface area contributed by atoms with Gasteiger partial charge in [-0.15, -0.1) is 0 Å². The number of benzene rings is 1. The van der Waals surface area contributed by atoms with Gasteiger partial charge in [-0.05, 0) is 30.2 Å². The quantitative estimate of drug-likeness (QED) is 0.637. The lowest BCUT2D eigenvalue weighted by Gasteiger charge is -2.21. The number of rotatable bonds is 10. The van der Waals surface area contributed by atoms with Gasteiger partial charge in [0.1, 0.15) is 5.76 Å². The molecular weight excluding hydrogens is 348 g/mol. The van der Waals surface area contributed by atoms with Gasteiger partial charge < -0.3 is 23.5 Å². The molecular formula is C20H24N2O5. The number of ether oxygens (including phenoxy) is 3. The van der Waals surface area contributed by atoms with Crippen molar-refractivity contribution >= 4 is 5.91 Å². The third-order valence-corrected chi connectivity index (χ3v) is 4.17. The molecule has 0 unspecified atom stereocenters. The van der Waals surface area contributed by atoms with E-state index in [1.807, 2.05) is 12.1 Å². The molecule has 144 valence electrons. The molecule has 7 nitrogen and oxygen atoms in total. The van der Waals surface area contributed by atoms with Gasteiger partial charge >= 0.3 is 0 Å². The Morgan fingerprint density at radius 1 is 1.15 bits per heavy atom. The summed E-state index contributed by atoms with van der Waals surface area (Å²) in [5, 5.41) is 8.85. The van der Waals surface area contributed by atoms with E-state index in [0.717, 1.165) is 5.56 Å². The van der Waals surface area contributed by atoms with Crippen molar-refractivity contribution in [1.82, 2.24) is 4.90 Å². The lowest BCUT2D eigenvalue weighted by atomic mass is 10.1. The predicted octanol–water partition coefficient (Wildman–Crippen LogP) is 3.18. The first kappa shape index (κ1) is 20.2. The molecule has 2 rings (SSSR count). The highest BCUT2D eigenvalue weighted by molar-refractivity contribution is 5.76. The van der Waals surface area contributed by atoms with Crippen molar-refractivity contribution < 1.29 is 23.4 Å². The number of hydrogen-bond acceptors (Lipinski definition) is 6. The lowest BCUT2D eigenvalue weighted by Crippen LogP contribution is -2.31. The van der Waals surface area contributed by atoms with Crippen molar-refractivity contribution in [2.45, 2.75) is 25.8 Å². The van der Waals surface area contributed by atoms with Crippen molar-refractivity contribution in [2.75, 3.05) is 27.9 Å². The van der Waals surface area contributed by atoms with Crippen LogP contribution in [0.5, 0.6) is 17.2 Å². The molecule has 0 atom stereocenters. The standard InChI is InChI=1S/C20H24N2O5/c1-24-17-9-7-15(19(25-2)20(17)26-3)8-10-18(23)22(12-5-11-21)14-16-6-4-13-27-16/h4,6-7,9,13H,5,8,10,12,14H2,1-3H3. The van der Waals surface area contributed by atoms with Gasteiger partial charge in [-0.3, -0.25) is 4.79 Å². The Hall–Kier alpha value is -3.14. The maximum atomic E-state index is 12.7. The first-order valence-electron chi connectivity index (χ1n) is 8.59. The van der Waals surface area contributed by atoms with Crippen LogP contribution in [-0.4, -0.2) is 38.7 Å². The molecule has 2 aromatic rings. The monoisotopic (exact) mass is 372 g/mol. The Labute approximate surface area is 159 Å². The molecule has 0 saturated heterocycles. The van der Waals surface area contributed by atoms with Crippen molar-refractivity contribution in [2.24, 2.45) is 0 Å². The topological polar surface area (TPSA) is 84.9 Å². The second-order valence-electron chi connectivity index (χ2n) is 5.80. The Bertz CT molecular complexity index is 780. The third-order valence-electron chi connectivity index (χ3n) is 4.17. The zero-order chi connectivity index (χ0) is 19.6. The van der Waals surface area contributed by atoms with E-state index >= 15 is 0 Å². The Kier molecular flexibility index (Phi) is 7.56. The van der Waals surface area contributed by atoms with Gasteiger partial charge in [0.2, 0.25) is 11.7 Å². The van der Waals surface area contributed by atoms with E-state index in [1.54, 1.807) is 44.6 Å². The molecule has 0 spiro atoms. The number of aryl methyl sites for hydroxylation is 1. The van der Waals surface area contributed by atoms with Crippen LogP contribution in [0.4, 0.5) is 0 Å². The second-order valence-corrected chi connectivity index (χ2v) is 5.80. The summed E-state index contributed by atoms with van der Waals surface area (Å²) < 4.78 is 21.4. The van der Waals surface area contributed by atoms with Crippen LogP contribution in [0.1, 0.15) is 24.2 Å². The molecule has 1 heterocycles. The molecule has 27 heavy (non-hydrogen) atoms. The van der Waals surface area contributed by atoms with Crippen molar-refractivity contribution in [1.29, 1.82) is 5.26 Å². The summed E-state index contributed by atoms with van der Waals surface area (Å²) in [6, 6.07) is 9.31. The van der Waals surface area contributed by atoms with E-state index in [-0.39, 0.29) is 18.7 Å². The molecule has 0 aliphatic rings. The van der Waals surface area contributed by atoms with E-state index < -0.39 is 0 Å². The highest BCUT2D eigenvalue weighted by atomic mass is 16.5. The minimum absolute atomic E-state index is 0.0570. The first-order valence-corrected chi connectivity index (χ1v) is 8.59. The fourth-order valence-corrected chi connectivity index (χ4v) is 2.83. The number of methoxy groups -OCH3 is 3. The van der Waals surface area contributed by atoms with Crippen molar-refractivity contribution in [3.63, 3.8) is 0 Å². The normalized spacial score (nSPS) is 10.1. The molecule has 1 amide bonds. The van der Waals surface area contributed by atoms with E-state index in [0.29, 0.717) is 42.5 Å². The molecule has 0 fully saturated rings. The number of nitriles is 1. The fourth-order valence-electron chi connectivity index (χ4n) is 2.83. The fraction of sp³-hybridized carbons (Fsp3) is 0.400. The van der Waals surface area contributed by atoms with Gasteiger partial charge in [0, 0.05) is 13.0 Å². The predicted molar refractivity (Wildman–Crippen MR) is 98.8 cm³/mol. The number of amides is 1. The SMILES string of the molecule is COc1ccc(CCC(=O)N(CCC#N)Cc2ccco2)c(OC)c1OC. The van der Waals surface area contributed by atoms with E-state index in [9.17, 15) is 4.79 Å². The number of carbonyl (C=O) groups excluding carboxylic acids is 1. The summed E-state index contributed by atoms with van der Waals surface area (Å²) in [6.45, 7) is 0.704. The highest BCUT2D eigenvalue weighted by Gasteiger charge is 2.19. The Morgan fingerprint density at radius 3 is 2.52 bits per heavy atom. The van der Waals surface area contributed by atoms with Crippen LogP contribution in [0, 0.1) is 11.3 Å². The Balaban J connectivity index is 2.11. The van der Waals surface area contributed by atoms with E-state index in [1.165, 1.54) is 0 Å². The molecule has 7 heteroatoms. The highest BCUT2D eigenvalue weighted by Crippen LogP contribution is 2.40. The molecule has 0 bridgehead atoms. The zero-order valence-corrected chi connectivity index (χ0v) is 15.9. The average molecular weight is 372 g/mol. The van der Waals surface area contributed by atoms with Crippen LogP contribution >= 0.6 is 0 Å². The van der Waals surface area contributed by atoms with Crippen LogP contribution in [0.3, 0.4) is 0 Å². The third kappa shape index (κ3) is 5.17. The van der Waals surface area contributed by atoms with Gasteiger partial charge in [-0.25, -0.2) is 0 Å². The van der Waals surface area contributed by atoms with Crippen LogP contribution in [0.25, 0.3) is 0 Å². The minimum Gasteiger partial charge on any atom is -0.493 e. The maximum Gasteiger partial charge on any atom is 0.223 e. The molecule has 0 aliphatic heterocycles. The average Bonchev–Trinajstić information content (AvgIpc) is 3.21. The summed E-state index contributed by atoms with van der Waals surface area (Å²) >= 11 is 0. The minimum atomic E-state index is -0.0570. The van der Waals surface area contributed by atoms with E-state index in [2.05, 4.69) is 6.07 Å². The van der Waals surface area contributed by atoms with Gasteiger partial charge in [-0.2, -0.15) is 5.26 Å². The summed E-state index contributed by atoms with van der Waals surface area (Å²) in [7, 11) is 4.66. The summed E-state index contributed by atoms with van der Waals surface area (Å²) in [5.41, 5.74) is 0.849. The van der Waals surface area contributed by atoms with Crippen LogP contribution in [0.2, 0.25) is 0 Å².